The van der Waals surface area contributed by atoms with Gasteiger partial charge in [0.25, 0.3) is 11.8 Å². The first-order valence-electron chi connectivity index (χ1n) is 7.84. The molecule has 0 saturated carbocycles. The highest BCUT2D eigenvalue weighted by atomic mass is 16.7. The Kier molecular flexibility index (Phi) is 7.85. The van der Waals surface area contributed by atoms with Crippen molar-refractivity contribution in [2.75, 3.05) is 13.1 Å². The van der Waals surface area contributed by atoms with Gasteiger partial charge in [-0.25, -0.2) is 20.3 Å². The molecule has 1 rings (SSSR count). The zero-order valence-electron chi connectivity index (χ0n) is 14.0. The molecule has 2 atom stereocenters. The Balaban J connectivity index is 2.74. The summed E-state index contributed by atoms with van der Waals surface area (Å²) < 4.78 is 0. The van der Waals surface area contributed by atoms with E-state index in [1.165, 1.54) is 4.90 Å². The highest BCUT2D eigenvalue weighted by Crippen LogP contribution is 2.19. The molecule has 0 aromatic heterocycles. The monoisotopic (exact) mass is 373 g/mol. The molecular weight excluding hydrogens is 350 g/mol. The Morgan fingerprint density at radius 1 is 1.27 bits per heavy atom. The van der Waals surface area contributed by atoms with E-state index >= 15 is 0 Å². The van der Waals surface area contributed by atoms with E-state index in [-0.39, 0.29) is 25.5 Å². The van der Waals surface area contributed by atoms with Crippen LogP contribution in [0.25, 0.3) is 0 Å². The van der Waals surface area contributed by atoms with Crippen molar-refractivity contribution in [3.8, 4) is 0 Å². The third-order valence-electron chi connectivity index (χ3n) is 3.65. The maximum Gasteiger partial charge on any atom is 0.330 e. The van der Waals surface area contributed by atoms with E-state index in [4.69, 9.17) is 17.2 Å². The Hall–Kier alpha value is -3.32. The predicted molar refractivity (Wildman–Crippen MR) is 89.4 cm³/mol. The predicted octanol–water partition coefficient (Wildman–Crippen LogP) is -3.12. The van der Waals surface area contributed by atoms with E-state index < -0.39 is 35.0 Å². The summed E-state index contributed by atoms with van der Waals surface area (Å²) in [7, 11) is 0. The van der Waals surface area contributed by atoms with Crippen molar-refractivity contribution in [3.05, 3.63) is 10.1 Å². The first-order valence-corrected chi connectivity index (χ1v) is 7.84. The van der Waals surface area contributed by atoms with E-state index in [0.717, 1.165) is 0 Å². The van der Waals surface area contributed by atoms with E-state index in [1.807, 2.05) is 10.9 Å². The zero-order chi connectivity index (χ0) is 19.7. The fourth-order valence-electron chi connectivity index (χ4n) is 2.58. The third kappa shape index (κ3) is 6.66. The van der Waals surface area contributed by atoms with Gasteiger partial charge in [-0.05, 0) is 25.7 Å². The highest BCUT2D eigenvalue weighted by molar-refractivity contribution is 5.91. The van der Waals surface area contributed by atoms with Crippen LogP contribution >= 0.6 is 0 Å². The van der Waals surface area contributed by atoms with Gasteiger partial charge in [-0.3, -0.25) is 20.0 Å². The lowest BCUT2D eigenvalue weighted by Gasteiger charge is -2.26. The smallest absolute Gasteiger partial charge is 0.330 e. The molecule has 1 saturated heterocycles. The number of urea groups is 1. The number of amides is 4. The van der Waals surface area contributed by atoms with Crippen LogP contribution in [0, 0.1) is 10.1 Å². The Bertz CT molecular complexity index is 577. The largest absolute Gasteiger partial charge is 0.370 e. The van der Waals surface area contributed by atoms with Crippen molar-refractivity contribution < 1.29 is 19.4 Å². The van der Waals surface area contributed by atoms with Gasteiger partial charge in [0.15, 0.2) is 17.0 Å². The van der Waals surface area contributed by atoms with Crippen LogP contribution in [0.15, 0.2) is 4.99 Å². The molecule has 0 radical (unpaired) electrons. The van der Waals surface area contributed by atoms with Crippen molar-refractivity contribution in [1.82, 2.24) is 21.2 Å². The molecule has 26 heavy (non-hydrogen) atoms. The van der Waals surface area contributed by atoms with Crippen LogP contribution in [0.3, 0.4) is 0 Å². The number of hydrogen-bond donors (Lipinski definition) is 6. The number of nitrogens with two attached hydrogens (primary N) is 3. The van der Waals surface area contributed by atoms with Crippen LogP contribution in [0.1, 0.15) is 25.7 Å². The van der Waals surface area contributed by atoms with Crippen LogP contribution < -0.4 is 33.5 Å². The summed E-state index contributed by atoms with van der Waals surface area (Å²) >= 11 is 0. The summed E-state index contributed by atoms with van der Waals surface area (Å²) in [6, 6.07) is -2.96. The van der Waals surface area contributed by atoms with Crippen molar-refractivity contribution in [2.24, 2.45) is 22.2 Å². The maximum atomic E-state index is 12.6. The quantitative estimate of drug-likeness (QED) is 0.0836. The van der Waals surface area contributed by atoms with Gasteiger partial charge >= 0.3 is 6.03 Å². The van der Waals surface area contributed by atoms with Gasteiger partial charge in [0.2, 0.25) is 0 Å². The molecule has 146 valence electrons. The van der Waals surface area contributed by atoms with Crippen LogP contribution in [-0.2, 0) is 9.59 Å². The summed E-state index contributed by atoms with van der Waals surface area (Å²) in [6.45, 7) is 0.468. The molecule has 14 nitrogen and oxygen atoms in total. The Labute approximate surface area is 148 Å². The summed E-state index contributed by atoms with van der Waals surface area (Å²) in [6.07, 6.45) is 1.32. The number of carbonyl (C=O) groups is 3. The number of likely N-dealkylation sites (tertiary alicyclic amines) is 1. The summed E-state index contributed by atoms with van der Waals surface area (Å²) in [5, 5.41) is 9.96. The van der Waals surface area contributed by atoms with E-state index in [1.54, 1.807) is 0 Å². The minimum absolute atomic E-state index is 0.0982. The number of nitrogens with one attached hydrogen (secondary N) is 3. The number of primary amides is 1. The number of aliphatic imine (C=N–C) groups is 1. The van der Waals surface area contributed by atoms with Crippen LogP contribution in [0.5, 0.6) is 0 Å². The summed E-state index contributed by atoms with van der Waals surface area (Å²) in [5.74, 6) is -1.34. The molecule has 0 spiro atoms. The normalized spacial score (nSPS) is 17.1. The molecular formula is C12H23N9O5. The fourth-order valence-corrected chi connectivity index (χ4v) is 2.58. The first-order chi connectivity index (χ1) is 12.2. The average molecular weight is 373 g/mol. The molecule has 4 amide bonds. The molecule has 1 aliphatic rings. The number of nitrogens with zero attached hydrogens (tertiary/aromatic N) is 3. The molecule has 1 fully saturated rings. The number of carbonyl (C=O) groups excluding carboxylic acids is 3. The highest BCUT2D eigenvalue weighted by Gasteiger charge is 2.38. The molecule has 14 heteroatoms. The van der Waals surface area contributed by atoms with Gasteiger partial charge in [0, 0.05) is 13.1 Å². The van der Waals surface area contributed by atoms with Gasteiger partial charge in [0.1, 0.15) is 6.04 Å². The second kappa shape index (κ2) is 9.85. The number of nitro groups is 1. The second-order valence-electron chi connectivity index (χ2n) is 5.56. The minimum atomic E-state index is -1.14. The standard InChI is InChI=1S/C12H23N9O5/c13-11(14)16-5-1-3-7(19-21(25)26)10(23)20-6-2-4-8(20)9(22)17-18-12(15)24/h7-8,19H,1-6H2,(H,17,22)(H4,13,14,16)(H3,15,18,24)/t7-,8-/m0/s1. The molecule has 9 N–H and O–H groups in total. The van der Waals surface area contributed by atoms with Crippen molar-refractivity contribution in [3.63, 3.8) is 0 Å². The lowest BCUT2D eigenvalue weighted by atomic mass is 10.1. The summed E-state index contributed by atoms with van der Waals surface area (Å²) in [5.41, 5.74) is 21.2. The van der Waals surface area contributed by atoms with Crippen LogP contribution in [0.2, 0.25) is 0 Å². The zero-order valence-corrected chi connectivity index (χ0v) is 14.0. The van der Waals surface area contributed by atoms with Crippen LogP contribution in [0.4, 0.5) is 4.79 Å². The van der Waals surface area contributed by atoms with E-state index in [0.29, 0.717) is 19.3 Å². The van der Waals surface area contributed by atoms with Gasteiger partial charge in [0.05, 0.1) is 0 Å². The third-order valence-corrected chi connectivity index (χ3v) is 3.65. The molecule has 0 bridgehead atoms. The summed E-state index contributed by atoms with van der Waals surface area (Å²) in [4.78, 5) is 51.1. The van der Waals surface area contributed by atoms with Gasteiger partial charge in [-0.1, -0.05) is 0 Å². The van der Waals surface area contributed by atoms with Gasteiger partial charge < -0.3 is 22.1 Å². The Morgan fingerprint density at radius 2 is 1.96 bits per heavy atom. The number of hydrogen-bond acceptors (Lipinski definition) is 6. The molecule has 0 aromatic rings. The number of hydrazine groups is 2. The fraction of sp³-hybridized carbons (Fsp3) is 0.667. The topological polar surface area (TPSA) is 224 Å². The van der Waals surface area contributed by atoms with E-state index in [2.05, 4.69) is 10.4 Å². The second-order valence-corrected chi connectivity index (χ2v) is 5.56. The SMILES string of the molecule is NC(=O)NNC(=O)[C@@H]1CCCN1C(=O)[C@H](CCCN=C(N)N)N[N+](=O)[O-]. The number of guanidine groups is 1. The molecule has 1 heterocycles. The Morgan fingerprint density at radius 3 is 2.54 bits per heavy atom. The molecule has 0 aliphatic carbocycles. The van der Waals surface area contributed by atoms with E-state index in [9.17, 15) is 24.5 Å². The van der Waals surface area contributed by atoms with Crippen molar-refractivity contribution in [1.29, 1.82) is 0 Å². The first kappa shape index (κ1) is 20.7. The van der Waals surface area contributed by atoms with Crippen molar-refractivity contribution >= 4 is 23.8 Å². The average Bonchev–Trinajstić information content (AvgIpc) is 3.03. The van der Waals surface area contributed by atoms with Gasteiger partial charge in [-0.15, -0.1) is 5.43 Å². The van der Waals surface area contributed by atoms with Gasteiger partial charge in [-0.2, -0.15) is 0 Å². The molecule has 1 aliphatic heterocycles. The number of rotatable bonds is 8. The molecule has 0 aromatic carbocycles. The van der Waals surface area contributed by atoms with Crippen LogP contribution in [-0.4, -0.2) is 58.9 Å². The molecule has 0 unspecified atom stereocenters. The maximum absolute atomic E-state index is 12.6. The van der Waals surface area contributed by atoms with Crippen molar-refractivity contribution in [2.45, 2.75) is 37.8 Å². The lowest BCUT2D eigenvalue weighted by Crippen LogP contribution is -2.56. The lowest BCUT2D eigenvalue weighted by molar-refractivity contribution is -0.548. The minimum Gasteiger partial charge on any atom is -0.370 e.